The van der Waals surface area contributed by atoms with E-state index in [4.69, 9.17) is 13.0 Å². The molecule has 0 aromatic heterocycles. The van der Waals surface area contributed by atoms with E-state index >= 15 is 0 Å². The Balaban J connectivity index is 2.81. The quantitative estimate of drug-likeness (QED) is 0.719. The van der Waals surface area contributed by atoms with Gasteiger partial charge in [-0.05, 0) is 5.56 Å². The first-order valence-corrected chi connectivity index (χ1v) is 4.42. The first-order chi connectivity index (χ1) is 7.09. The van der Waals surface area contributed by atoms with Crippen LogP contribution in [0.25, 0.3) is 0 Å². The second-order valence-electron chi connectivity index (χ2n) is 3.07. The van der Waals surface area contributed by atoms with E-state index < -0.39 is 17.8 Å². The monoisotopic (exact) mass is 203 g/mol. The highest BCUT2D eigenvalue weighted by Crippen LogP contribution is 2.15. The van der Waals surface area contributed by atoms with Crippen LogP contribution in [0.2, 0.25) is 0 Å². The Morgan fingerprint density at radius 1 is 1.33 bits per heavy atom. The maximum atomic E-state index is 10.7. The third kappa shape index (κ3) is 3.85. The third-order valence-electron chi connectivity index (χ3n) is 1.90. The molecule has 0 heterocycles. The summed E-state index contributed by atoms with van der Waals surface area (Å²) in [5, 5.41) is 11.1. The van der Waals surface area contributed by atoms with Crippen molar-refractivity contribution in [2.45, 2.75) is 12.5 Å². The molecule has 4 nitrogen and oxygen atoms in total. The van der Waals surface area contributed by atoms with Crippen molar-refractivity contribution < 1.29 is 14.7 Å². The van der Waals surface area contributed by atoms with E-state index in [0.717, 1.165) is 5.56 Å². The van der Waals surface area contributed by atoms with Crippen molar-refractivity contribution >= 4 is 19.6 Å². The molecule has 1 aromatic carbocycles. The van der Waals surface area contributed by atoms with Crippen molar-refractivity contribution in [1.29, 1.82) is 0 Å². The van der Waals surface area contributed by atoms with Gasteiger partial charge in [0.05, 0.1) is 12.5 Å². The predicted octanol–water partition coefficient (Wildman–Crippen LogP) is 1.08. The minimum atomic E-state index is -0.988. The molecule has 0 aliphatic carbocycles. The van der Waals surface area contributed by atoms with Crippen LogP contribution in [0.1, 0.15) is 18.0 Å². The van der Waals surface area contributed by atoms with E-state index in [0.29, 0.717) is 0 Å². The van der Waals surface area contributed by atoms with Crippen LogP contribution in [0, 0.1) is 0 Å². The van der Waals surface area contributed by atoms with Crippen LogP contribution >= 0.6 is 0 Å². The summed E-state index contributed by atoms with van der Waals surface area (Å²) in [5.74, 6) is -1.72. The number of carboxylic acid groups (broad SMARTS) is 1. The van der Waals surface area contributed by atoms with E-state index in [-0.39, 0.29) is 6.42 Å². The average molecular weight is 203 g/mol. The number of carbonyl (C=O) groups is 2. The lowest BCUT2D eigenvalue weighted by molar-refractivity contribution is -0.137. The van der Waals surface area contributed by atoms with Gasteiger partial charge in [-0.2, -0.15) is 0 Å². The molecule has 1 unspecified atom stereocenters. The van der Waals surface area contributed by atoms with Gasteiger partial charge in [0.15, 0.2) is 5.81 Å². The summed E-state index contributed by atoms with van der Waals surface area (Å²) in [4.78, 5) is 21.3. The SMILES string of the molecule is [B]C(=O)NC(CC(=O)O)c1ccccc1. The van der Waals surface area contributed by atoms with Gasteiger partial charge >= 0.3 is 5.97 Å². The molecule has 15 heavy (non-hydrogen) atoms. The molecule has 2 radical (unpaired) electrons. The van der Waals surface area contributed by atoms with Crippen molar-refractivity contribution in [3.8, 4) is 0 Å². The van der Waals surface area contributed by atoms with Crippen LogP contribution in [-0.4, -0.2) is 24.7 Å². The average Bonchev–Trinajstić information content (AvgIpc) is 2.17. The lowest BCUT2D eigenvalue weighted by Gasteiger charge is -2.16. The van der Waals surface area contributed by atoms with Crippen LogP contribution in [0.5, 0.6) is 0 Å². The minimum absolute atomic E-state index is 0.188. The molecule has 0 fully saturated rings. The van der Waals surface area contributed by atoms with Gasteiger partial charge in [0.25, 0.3) is 0 Å². The standard InChI is InChI=1S/C10H10BNO3/c11-10(15)12-8(6-9(13)14)7-4-2-1-3-5-7/h1-5,8H,6H2,(H,12,15)(H,13,14). The number of carboxylic acids is 1. The van der Waals surface area contributed by atoms with E-state index in [2.05, 4.69) is 5.32 Å². The van der Waals surface area contributed by atoms with Gasteiger partial charge in [0.2, 0.25) is 7.85 Å². The molecule has 1 atom stereocenters. The topological polar surface area (TPSA) is 66.4 Å². The fourth-order valence-corrected chi connectivity index (χ4v) is 1.28. The maximum absolute atomic E-state index is 10.7. The molecule has 0 spiro atoms. The molecule has 76 valence electrons. The highest BCUT2D eigenvalue weighted by atomic mass is 16.4. The highest BCUT2D eigenvalue weighted by molar-refractivity contribution is 6.57. The van der Waals surface area contributed by atoms with E-state index in [1.54, 1.807) is 24.3 Å². The van der Waals surface area contributed by atoms with Crippen LogP contribution in [0.3, 0.4) is 0 Å². The minimum Gasteiger partial charge on any atom is -0.481 e. The Hall–Kier alpha value is -1.78. The largest absolute Gasteiger partial charge is 0.481 e. The zero-order valence-corrected chi connectivity index (χ0v) is 8.01. The highest BCUT2D eigenvalue weighted by Gasteiger charge is 2.15. The Morgan fingerprint density at radius 2 is 1.93 bits per heavy atom. The molecule has 1 rings (SSSR count). The fraction of sp³-hybridized carbons (Fsp3) is 0.200. The van der Waals surface area contributed by atoms with Crippen LogP contribution in [0.4, 0.5) is 4.79 Å². The summed E-state index contributed by atoms with van der Waals surface area (Å²) in [6.07, 6.45) is -0.188. The number of nitrogens with one attached hydrogen (secondary N) is 1. The van der Waals surface area contributed by atoms with Crippen LogP contribution in [-0.2, 0) is 4.79 Å². The molecule has 5 heteroatoms. The van der Waals surface area contributed by atoms with E-state index in [9.17, 15) is 9.59 Å². The third-order valence-corrected chi connectivity index (χ3v) is 1.90. The molecule has 1 amide bonds. The summed E-state index contributed by atoms with van der Waals surface area (Å²) in [6, 6.07) is 8.25. The van der Waals surface area contributed by atoms with Crippen molar-refractivity contribution in [1.82, 2.24) is 5.32 Å². The van der Waals surface area contributed by atoms with Crippen molar-refractivity contribution in [2.75, 3.05) is 0 Å². The zero-order chi connectivity index (χ0) is 11.3. The van der Waals surface area contributed by atoms with Crippen molar-refractivity contribution in [2.24, 2.45) is 0 Å². The molecule has 0 aliphatic rings. The molecule has 0 bridgehead atoms. The van der Waals surface area contributed by atoms with Crippen LogP contribution < -0.4 is 5.32 Å². The van der Waals surface area contributed by atoms with Crippen molar-refractivity contribution in [3.63, 3.8) is 0 Å². The molecule has 2 N–H and O–H groups in total. The van der Waals surface area contributed by atoms with Crippen LogP contribution in [0.15, 0.2) is 30.3 Å². The molecule has 0 aliphatic heterocycles. The Kier molecular flexibility index (Phi) is 3.91. The van der Waals surface area contributed by atoms with Gasteiger partial charge < -0.3 is 10.4 Å². The van der Waals surface area contributed by atoms with Gasteiger partial charge in [-0.15, -0.1) is 0 Å². The molecular formula is C10H10BNO3. The molecule has 1 aromatic rings. The first-order valence-electron chi connectivity index (χ1n) is 4.42. The summed E-state index contributed by atoms with van der Waals surface area (Å²) in [5.41, 5.74) is 0.721. The lowest BCUT2D eigenvalue weighted by Crippen LogP contribution is -2.28. The number of rotatable bonds is 4. The summed E-state index contributed by atoms with van der Waals surface area (Å²) < 4.78 is 0. The summed E-state index contributed by atoms with van der Waals surface area (Å²) in [6.45, 7) is 0. The van der Waals surface area contributed by atoms with E-state index in [1.807, 2.05) is 6.07 Å². The second-order valence-corrected chi connectivity index (χ2v) is 3.07. The van der Waals surface area contributed by atoms with Crippen molar-refractivity contribution in [3.05, 3.63) is 35.9 Å². The summed E-state index contributed by atoms with van der Waals surface area (Å²) >= 11 is 0. The first kappa shape index (κ1) is 11.3. The maximum Gasteiger partial charge on any atom is 0.305 e. The Bertz CT molecular complexity index is 337. The Morgan fingerprint density at radius 3 is 2.40 bits per heavy atom. The number of carbonyl (C=O) groups excluding carboxylic acids is 1. The smallest absolute Gasteiger partial charge is 0.305 e. The van der Waals surface area contributed by atoms with Gasteiger partial charge in [-0.1, -0.05) is 30.3 Å². The fourth-order valence-electron chi connectivity index (χ4n) is 1.28. The second kappa shape index (κ2) is 5.19. The number of benzene rings is 1. The Labute approximate surface area is 88.7 Å². The number of aliphatic carboxylic acids is 1. The number of amides is 1. The van der Waals surface area contributed by atoms with Gasteiger partial charge in [-0.3, -0.25) is 9.59 Å². The van der Waals surface area contributed by atoms with Gasteiger partial charge in [0, 0.05) is 0 Å². The normalized spacial score (nSPS) is 11.7. The lowest BCUT2D eigenvalue weighted by atomic mass is 10.0. The number of hydrogen-bond donors (Lipinski definition) is 2. The van der Waals surface area contributed by atoms with Gasteiger partial charge in [0.1, 0.15) is 0 Å². The zero-order valence-electron chi connectivity index (χ0n) is 8.01. The molecule has 0 saturated heterocycles. The summed E-state index contributed by atoms with van der Waals surface area (Å²) in [7, 11) is 4.96. The molecular weight excluding hydrogens is 193 g/mol. The predicted molar refractivity (Wildman–Crippen MR) is 55.7 cm³/mol. The van der Waals surface area contributed by atoms with E-state index in [1.165, 1.54) is 0 Å². The van der Waals surface area contributed by atoms with Gasteiger partial charge in [-0.25, -0.2) is 0 Å². The number of hydrogen-bond acceptors (Lipinski definition) is 2. The molecule has 0 saturated carbocycles.